The summed E-state index contributed by atoms with van der Waals surface area (Å²) in [5, 5.41) is 0.372. The van der Waals surface area contributed by atoms with Gasteiger partial charge >= 0.3 is 0 Å². The van der Waals surface area contributed by atoms with Crippen molar-refractivity contribution < 1.29 is 21.8 Å². The van der Waals surface area contributed by atoms with Crippen molar-refractivity contribution in [1.82, 2.24) is 8.54 Å². The maximum Gasteiger partial charge on any atom is 0.275 e. The second-order valence-corrected chi connectivity index (χ2v) is 14.9. The smallest absolute Gasteiger partial charge is 0.275 e. The van der Waals surface area contributed by atoms with Crippen molar-refractivity contribution in [3.63, 3.8) is 0 Å². The van der Waals surface area contributed by atoms with Crippen LogP contribution < -0.4 is 10.3 Å². The Kier molecular flexibility index (Phi) is 7.36. The first-order valence-electron chi connectivity index (χ1n) is 12.9. The minimum absolute atomic E-state index is 0.0345. The normalized spacial score (nSPS) is 12.1. The van der Waals surface area contributed by atoms with Crippen molar-refractivity contribution >= 4 is 36.3 Å². The van der Waals surface area contributed by atoms with Gasteiger partial charge in [0.2, 0.25) is 0 Å². The number of aromatic nitrogens is 2. The van der Waals surface area contributed by atoms with Gasteiger partial charge in [-0.2, -0.15) is 4.36 Å². The lowest BCUT2D eigenvalue weighted by atomic mass is 10.0. The fourth-order valence-electron chi connectivity index (χ4n) is 4.87. The van der Waals surface area contributed by atoms with Crippen molar-refractivity contribution in [2.75, 3.05) is 12.5 Å². The molecule has 0 fully saturated rings. The summed E-state index contributed by atoms with van der Waals surface area (Å²) in [6, 6.07) is 15.7. The molecule has 0 radical (unpaired) electrons. The van der Waals surface area contributed by atoms with Crippen LogP contribution in [-0.4, -0.2) is 33.7 Å². The van der Waals surface area contributed by atoms with E-state index >= 15 is 0 Å². The highest BCUT2D eigenvalue weighted by Gasteiger charge is 2.24. The molecule has 8 nitrogen and oxygen atoms in total. The van der Waals surface area contributed by atoms with E-state index in [9.17, 15) is 21.8 Å². The zero-order valence-electron chi connectivity index (χ0n) is 24.0. The van der Waals surface area contributed by atoms with Gasteiger partial charge in [0.1, 0.15) is 22.8 Å². The third-order valence-corrected chi connectivity index (χ3v) is 9.12. The van der Waals surface area contributed by atoms with E-state index < -0.39 is 25.3 Å². The fraction of sp³-hybridized carbons (Fsp3) is 0.194. The number of rotatable bonds is 6. The summed E-state index contributed by atoms with van der Waals surface area (Å²) in [5.41, 5.74) is 2.91. The SMILES string of the molecule is Cc1ccc(S(=O)(=O)n2ccc3c(-c4cc(N=S(C)(C)=O)ccc4Oc4c(C)cc(F)cc4C)cn(C)c(=O)c32)cc1. The van der Waals surface area contributed by atoms with Crippen molar-refractivity contribution in [2.45, 2.75) is 25.7 Å². The first-order chi connectivity index (χ1) is 19.7. The quantitative estimate of drug-likeness (QED) is 0.221. The van der Waals surface area contributed by atoms with Crippen LogP contribution in [0.25, 0.3) is 22.0 Å². The van der Waals surface area contributed by atoms with Crippen LogP contribution >= 0.6 is 0 Å². The first-order valence-corrected chi connectivity index (χ1v) is 16.7. The lowest BCUT2D eigenvalue weighted by Crippen LogP contribution is -2.22. The Hall–Kier alpha value is -4.22. The van der Waals surface area contributed by atoms with Gasteiger partial charge in [-0.25, -0.2) is 21.0 Å². The third-order valence-electron chi connectivity index (χ3n) is 6.78. The molecule has 0 aliphatic rings. The Morgan fingerprint density at radius 1 is 0.857 bits per heavy atom. The molecule has 5 aromatic rings. The summed E-state index contributed by atoms with van der Waals surface area (Å²) in [6.07, 6.45) is 5.99. The van der Waals surface area contributed by atoms with Gasteiger partial charge in [0.25, 0.3) is 15.6 Å². The average molecular weight is 608 g/mol. The number of ether oxygens (including phenoxy) is 1. The van der Waals surface area contributed by atoms with Crippen LogP contribution in [-0.2, 0) is 26.8 Å². The van der Waals surface area contributed by atoms with E-state index in [4.69, 9.17) is 4.74 Å². The number of nitrogens with zero attached hydrogens (tertiary/aromatic N) is 3. The number of fused-ring (bicyclic) bond motifs is 1. The molecular weight excluding hydrogens is 577 g/mol. The molecule has 0 spiro atoms. The topological polar surface area (TPSA) is 99.7 Å². The summed E-state index contributed by atoms with van der Waals surface area (Å²) in [7, 11) is -5.09. The molecule has 0 saturated carbocycles. The van der Waals surface area contributed by atoms with Gasteiger partial charge in [-0.15, -0.1) is 0 Å². The number of benzene rings is 3. The zero-order valence-corrected chi connectivity index (χ0v) is 25.6. The van der Waals surface area contributed by atoms with Crippen molar-refractivity contribution in [2.24, 2.45) is 11.4 Å². The Morgan fingerprint density at radius 2 is 1.50 bits per heavy atom. The number of hydrogen-bond acceptors (Lipinski definition) is 6. The molecule has 218 valence electrons. The van der Waals surface area contributed by atoms with Gasteiger partial charge in [0.05, 0.1) is 10.6 Å². The van der Waals surface area contributed by atoms with Gasteiger partial charge in [-0.05, 0) is 80.4 Å². The Bertz CT molecular complexity index is 2140. The summed E-state index contributed by atoms with van der Waals surface area (Å²) in [4.78, 5) is 13.5. The summed E-state index contributed by atoms with van der Waals surface area (Å²) >= 11 is 0. The first kappa shape index (κ1) is 29.3. The highest BCUT2D eigenvalue weighted by Crippen LogP contribution is 2.41. The average Bonchev–Trinajstić information content (AvgIpc) is 3.35. The van der Waals surface area contributed by atoms with Crippen LogP contribution in [0.4, 0.5) is 10.1 Å². The van der Waals surface area contributed by atoms with Crippen molar-refractivity contribution in [1.29, 1.82) is 0 Å². The standard InChI is InChI=1S/C31H30FN3O5S2/c1-19-7-10-24(11-8-19)42(38,39)35-14-13-25-27(18-34(4)31(36)29(25)35)26-17-23(33-41(5,6)37)9-12-28(26)40-30-20(2)15-22(32)16-21(30)3/h7-18H,1-6H3. The van der Waals surface area contributed by atoms with Crippen LogP contribution in [0.2, 0.25) is 0 Å². The molecule has 11 heteroatoms. The number of halogens is 1. The molecule has 0 aliphatic heterocycles. The van der Waals surface area contributed by atoms with Gasteiger partial charge < -0.3 is 9.30 Å². The van der Waals surface area contributed by atoms with Crippen LogP contribution in [0.5, 0.6) is 11.5 Å². The zero-order chi connectivity index (χ0) is 30.6. The van der Waals surface area contributed by atoms with Gasteiger partial charge in [0, 0.05) is 58.2 Å². The Morgan fingerprint density at radius 3 is 2.12 bits per heavy atom. The van der Waals surface area contributed by atoms with Crippen molar-refractivity contribution in [3.05, 3.63) is 106 Å². The maximum atomic E-state index is 14.0. The molecular formula is C31H30FN3O5S2. The van der Waals surface area contributed by atoms with Gasteiger partial charge in [-0.3, -0.25) is 4.79 Å². The van der Waals surface area contributed by atoms with E-state index in [0.717, 1.165) is 9.54 Å². The predicted octanol–water partition coefficient (Wildman–Crippen LogP) is 6.46. The van der Waals surface area contributed by atoms with E-state index in [2.05, 4.69) is 4.36 Å². The lowest BCUT2D eigenvalue weighted by Gasteiger charge is -2.17. The van der Waals surface area contributed by atoms with Crippen molar-refractivity contribution in [3.8, 4) is 22.6 Å². The molecule has 0 N–H and O–H groups in total. The molecule has 0 bridgehead atoms. The monoisotopic (exact) mass is 607 g/mol. The van der Waals surface area contributed by atoms with Crippen LogP contribution in [0.3, 0.4) is 0 Å². The van der Waals surface area contributed by atoms with Gasteiger partial charge in [0.15, 0.2) is 0 Å². The minimum Gasteiger partial charge on any atom is -0.456 e. The molecule has 0 aliphatic carbocycles. The van der Waals surface area contributed by atoms with Crippen LogP contribution in [0.1, 0.15) is 16.7 Å². The number of hydrogen-bond donors (Lipinski definition) is 0. The molecule has 42 heavy (non-hydrogen) atoms. The number of aryl methyl sites for hydroxylation is 4. The molecule has 2 aromatic heterocycles. The molecule has 0 amide bonds. The van der Waals surface area contributed by atoms with E-state index in [0.29, 0.717) is 44.8 Å². The highest BCUT2D eigenvalue weighted by molar-refractivity contribution is 7.92. The Labute approximate surface area is 244 Å². The molecule has 2 heterocycles. The number of pyridine rings is 1. The van der Waals surface area contributed by atoms with E-state index in [1.807, 2.05) is 6.92 Å². The lowest BCUT2D eigenvalue weighted by molar-refractivity contribution is 0.474. The summed E-state index contributed by atoms with van der Waals surface area (Å²) in [6.45, 7) is 5.32. The summed E-state index contributed by atoms with van der Waals surface area (Å²) in [5.74, 6) is 0.431. The fourth-order valence-corrected chi connectivity index (χ4v) is 6.83. The Balaban J connectivity index is 1.80. The second-order valence-electron chi connectivity index (χ2n) is 10.6. The molecule has 3 aromatic carbocycles. The van der Waals surface area contributed by atoms with Crippen LogP contribution in [0, 0.1) is 26.6 Å². The maximum absolute atomic E-state index is 14.0. The molecule has 5 rings (SSSR count). The predicted molar refractivity (Wildman–Crippen MR) is 164 cm³/mol. The second kappa shape index (κ2) is 10.6. The summed E-state index contributed by atoms with van der Waals surface area (Å²) < 4.78 is 66.9. The van der Waals surface area contributed by atoms with Gasteiger partial charge in [-0.1, -0.05) is 17.7 Å². The van der Waals surface area contributed by atoms with E-state index in [1.54, 1.807) is 56.4 Å². The molecule has 0 saturated heterocycles. The largest absolute Gasteiger partial charge is 0.456 e. The molecule has 0 atom stereocenters. The molecule has 0 unspecified atom stereocenters. The minimum atomic E-state index is -4.10. The van der Waals surface area contributed by atoms with E-state index in [-0.39, 0.29) is 16.2 Å². The highest BCUT2D eigenvalue weighted by atomic mass is 32.2. The third kappa shape index (κ3) is 5.49. The van der Waals surface area contributed by atoms with Crippen LogP contribution in [0.15, 0.2) is 87.1 Å². The van der Waals surface area contributed by atoms with E-state index in [1.165, 1.54) is 54.6 Å².